The standard InChI is InChI=1S/C25H27N5O5/c1-2-10-29-23(32)25(22(31)26-24(29)33)14-18-13-19(30(34)35)8-9-20(18)28-12-11-27(16-21(25)28)15-17-6-4-3-5-7-17/h3-9,13,21H,2,10-12,14-16H2,1H3,(H,26,31,33)/t21-,25-/m0/s1. The number of non-ortho nitro benzene ring substituents is 1. The zero-order valence-electron chi connectivity index (χ0n) is 19.5. The molecule has 0 aromatic heterocycles. The summed E-state index contributed by atoms with van der Waals surface area (Å²) in [6.07, 6.45) is 0.558. The number of imide groups is 2. The van der Waals surface area contributed by atoms with Gasteiger partial charge in [-0.15, -0.1) is 0 Å². The molecule has 0 radical (unpaired) electrons. The number of nitrogens with one attached hydrogen (secondary N) is 1. The van der Waals surface area contributed by atoms with Crippen molar-refractivity contribution < 1.29 is 19.3 Å². The first-order valence-corrected chi connectivity index (χ1v) is 11.8. The summed E-state index contributed by atoms with van der Waals surface area (Å²) in [6.45, 7) is 4.41. The quantitative estimate of drug-likeness (QED) is 0.399. The van der Waals surface area contributed by atoms with Gasteiger partial charge in [0.25, 0.3) is 5.69 Å². The Labute approximate surface area is 202 Å². The zero-order valence-corrected chi connectivity index (χ0v) is 19.5. The van der Waals surface area contributed by atoms with E-state index in [1.54, 1.807) is 6.07 Å². The number of hydrogen-bond acceptors (Lipinski definition) is 7. The molecule has 0 unspecified atom stereocenters. The van der Waals surface area contributed by atoms with Crippen LogP contribution in [-0.4, -0.2) is 64.8 Å². The third-order valence-corrected chi connectivity index (χ3v) is 7.28. The fraction of sp³-hybridized carbons (Fsp3) is 0.400. The molecule has 1 spiro atoms. The summed E-state index contributed by atoms with van der Waals surface area (Å²) in [5, 5.41) is 13.9. The number of barbiturate groups is 1. The number of carbonyl (C=O) groups is 3. The Morgan fingerprint density at radius 1 is 1.11 bits per heavy atom. The van der Waals surface area contributed by atoms with E-state index in [0.29, 0.717) is 38.2 Å². The van der Waals surface area contributed by atoms with E-state index in [-0.39, 0.29) is 18.7 Å². The van der Waals surface area contributed by atoms with Crippen molar-refractivity contribution in [1.82, 2.24) is 15.1 Å². The largest absolute Gasteiger partial charge is 0.364 e. The van der Waals surface area contributed by atoms with Crippen molar-refractivity contribution in [2.24, 2.45) is 5.41 Å². The highest BCUT2D eigenvalue weighted by molar-refractivity contribution is 6.20. The first-order valence-electron chi connectivity index (χ1n) is 11.8. The van der Waals surface area contributed by atoms with Crippen LogP contribution in [0.2, 0.25) is 0 Å². The van der Waals surface area contributed by atoms with E-state index >= 15 is 0 Å². The minimum atomic E-state index is -1.55. The van der Waals surface area contributed by atoms with E-state index in [4.69, 9.17) is 0 Å². The van der Waals surface area contributed by atoms with Crippen LogP contribution in [-0.2, 0) is 22.6 Å². The first kappa shape index (κ1) is 23.0. The molecule has 2 aromatic carbocycles. The van der Waals surface area contributed by atoms with E-state index in [2.05, 4.69) is 10.2 Å². The summed E-state index contributed by atoms with van der Waals surface area (Å²) in [5.41, 5.74) is 0.848. The third kappa shape index (κ3) is 3.74. The fourth-order valence-corrected chi connectivity index (χ4v) is 5.64. The predicted molar refractivity (Wildman–Crippen MR) is 128 cm³/mol. The van der Waals surface area contributed by atoms with E-state index in [9.17, 15) is 24.5 Å². The Balaban J connectivity index is 1.59. The summed E-state index contributed by atoms with van der Waals surface area (Å²) in [5.74, 6) is -1.16. The van der Waals surface area contributed by atoms with Crippen molar-refractivity contribution in [2.75, 3.05) is 31.1 Å². The number of hydrogen-bond donors (Lipinski definition) is 1. The van der Waals surface area contributed by atoms with Crippen molar-refractivity contribution in [3.8, 4) is 0 Å². The molecule has 4 amide bonds. The molecule has 2 saturated heterocycles. The van der Waals surface area contributed by atoms with Gasteiger partial charge >= 0.3 is 6.03 Å². The molecule has 10 nitrogen and oxygen atoms in total. The Morgan fingerprint density at radius 3 is 2.60 bits per heavy atom. The lowest BCUT2D eigenvalue weighted by Crippen LogP contribution is -2.75. The van der Waals surface area contributed by atoms with Gasteiger partial charge in [0, 0.05) is 57.0 Å². The fourth-order valence-electron chi connectivity index (χ4n) is 5.64. The number of nitrogens with zero attached hydrogens (tertiary/aromatic N) is 4. The van der Waals surface area contributed by atoms with Crippen LogP contribution in [0, 0.1) is 15.5 Å². The molecular weight excluding hydrogens is 450 g/mol. The van der Waals surface area contributed by atoms with E-state index in [1.807, 2.05) is 42.2 Å². The summed E-state index contributed by atoms with van der Waals surface area (Å²) in [7, 11) is 0. The second-order valence-corrected chi connectivity index (χ2v) is 9.36. The van der Waals surface area contributed by atoms with Crippen LogP contribution in [0.5, 0.6) is 0 Å². The van der Waals surface area contributed by atoms with E-state index in [0.717, 1.165) is 16.2 Å². The highest BCUT2D eigenvalue weighted by Crippen LogP contribution is 2.46. The summed E-state index contributed by atoms with van der Waals surface area (Å²) in [6, 6.07) is 13.4. The number of fused-ring (bicyclic) bond motifs is 4. The summed E-state index contributed by atoms with van der Waals surface area (Å²) in [4.78, 5) is 56.3. The predicted octanol–water partition coefficient (Wildman–Crippen LogP) is 2.32. The SMILES string of the molecule is CCCN1C(=O)NC(=O)[C@@]2(Cc3cc([N+](=O)[O-])ccc3N3CCN(Cc4ccccc4)C[C@H]32)C1=O. The van der Waals surface area contributed by atoms with Gasteiger partial charge in [-0.1, -0.05) is 37.3 Å². The zero-order chi connectivity index (χ0) is 24.7. The lowest BCUT2D eigenvalue weighted by atomic mass is 9.67. The Hall–Kier alpha value is -3.79. The smallest absolute Gasteiger partial charge is 0.330 e. The lowest BCUT2D eigenvalue weighted by molar-refractivity contribution is -0.384. The number of anilines is 1. The number of carbonyl (C=O) groups excluding carboxylic acids is 3. The molecule has 5 rings (SSSR count). The van der Waals surface area contributed by atoms with Gasteiger partial charge in [-0.2, -0.15) is 0 Å². The second kappa shape index (κ2) is 8.77. The van der Waals surface area contributed by atoms with Crippen LogP contribution < -0.4 is 10.2 Å². The maximum Gasteiger partial charge on any atom is 0.330 e. The average Bonchev–Trinajstić information content (AvgIpc) is 2.85. The second-order valence-electron chi connectivity index (χ2n) is 9.36. The van der Waals surface area contributed by atoms with Gasteiger partial charge in [-0.05, 0) is 23.6 Å². The van der Waals surface area contributed by atoms with Crippen LogP contribution >= 0.6 is 0 Å². The van der Waals surface area contributed by atoms with Gasteiger partial charge in [-0.3, -0.25) is 34.8 Å². The van der Waals surface area contributed by atoms with Crippen molar-refractivity contribution in [1.29, 1.82) is 0 Å². The van der Waals surface area contributed by atoms with Crippen LogP contribution in [0.15, 0.2) is 48.5 Å². The number of urea groups is 1. The molecule has 3 aliphatic heterocycles. The van der Waals surface area contributed by atoms with Crippen molar-refractivity contribution >= 4 is 29.2 Å². The molecule has 2 fully saturated rings. The van der Waals surface area contributed by atoms with Crippen LogP contribution in [0.4, 0.5) is 16.2 Å². The molecule has 0 aliphatic carbocycles. The van der Waals surface area contributed by atoms with Crippen molar-refractivity contribution in [3.05, 3.63) is 69.8 Å². The number of benzene rings is 2. The van der Waals surface area contributed by atoms with Gasteiger partial charge in [0.05, 0.1) is 11.0 Å². The van der Waals surface area contributed by atoms with Gasteiger partial charge in [0.2, 0.25) is 11.8 Å². The van der Waals surface area contributed by atoms with Crippen LogP contribution in [0.3, 0.4) is 0 Å². The molecular formula is C25H27N5O5. The van der Waals surface area contributed by atoms with Crippen molar-refractivity contribution in [3.63, 3.8) is 0 Å². The van der Waals surface area contributed by atoms with Gasteiger partial charge in [0.15, 0.2) is 5.41 Å². The average molecular weight is 478 g/mol. The van der Waals surface area contributed by atoms with E-state index in [1.165, 1.54) is 12.1 Å². The van der Waals surface area contributed by atoms with Crippen LogP contribution in [0.25, 0.3) is 0 Å². The molecule has 10 heteroatoms. The highest BCUT2D eigenvalue weighted by atomic mass is 16.6. The molecule has 0 saturated carbocycles. The maximum atomic E-state index is 13.9. The van der Waals surface area contributed by atoms with Gasteiger partial charge in [-0.25, -0.2) is 4.79 Å². The Kier molecular flexibility index (Phi) is 5.76. The number of nitro groups is 1. The minimum Gasteiger partial charge on any atom is -0.364 e. The molecule has 35 heavy (non-hydrogen) atoms. The molecule has 3 heterocycles. The highest BCUT2D eigenvalue weighted by Gasteiger charge is 2.62. The van der Waals surface area contributed by atoms with E-state index < -0.39 is 34.2 Å². The van der Waals surface area contributed by atoms with Gasteiger partial charge in [0.1, 0.15) is 0 Å². The normalized spacial score (nSPS) is 24.3. The molecule has 182 valence electrons. The van der Waals surface area contributed by atoms with Crippen molar-refractivity contribution in [2.45, 2.75) is 32.4 Å². The minimum absolute atomic E-state index is 0.00250. The summed E-state index contributed by atoms with van der Waals surface area (Å²) < 4.78 is 0. The first-order chi connectivity index (χ1) is 16.8. The number of rotatable bonds is 5. The molecule has 0 bridgehead atoms. The topological polar surface area (TPSA) is 116 Å². The Morgan fingerprint density at radius 2 is 1.89 bits per heavy atom. The summed E-state index contributed by atoms with van der Waals surface area (Å²) >= 11 is 0. The number of nitro benzene ring substituents is 1. The molecule has 2 atom stereocenters. The third-order valence-electron chi connectivity index (χ3n) is 7.28. The Bertz CT molecular complexity index is 1200. The maximum absolute atomic E-state index is 13.9. The monoisotopic (exact) mass is 477 g/mol. The number of piperazine rings is 1. The molecule has 1 N–H and O–H groups in total. The molecule has 2 aromatic rings. The number of amides is 4. The van der Waals surface area contributed by atoms with Crippen LogP contribution in [0.1, 0.15) is 24.5 Å². The van der Waals surface area contributed by atoms with Gasteiger partial charge < -0.3 is 4.90 Å². The lowest BCUT2D eigenvalue weighted by Gasteiger charge is -2.55. The molecule has 3 aliphatic rings.